The smallest absolute Gasteiger partial charge is 0.163 e. The van der Waals surface area contributed by atoms with Crippen LogP contribution in [0, 0.1) is 22.2 Å². The Labute approximate surface area is 161 Å². The number of nitrogens with one attached hydrogen (secondary N) is 1. The van der Waals surface area contributed by atoms with Gasteiger partial charge in [0.25, 0.3) is 0 Å². The normalized spacial score (nSPS) is 26.2. The van der Waals surface area contributed by atoms with Gasteiger partial charge in [0.15, 0.2) is 5.78 Å². The minimum absolute atomic E-state index is 0.0111. The Bertz CT molecular complexity index is 797. The van der Waals surface area contributed by atoms with Gasteiger partial charge in [0.1, 0.15) is 11.5 Å². The number of carbonyl (C=O) groups is 2. The summed E-state index contributed by atoms with van der Waals surface area (Å²) in [6.45, 7) is 7.92. The van der Waals surface area contributed by atoms with Crippen molar-refractivity contribution in [1.29, 1.82) is 5.41 Å². The van der Waals surface area contributed by atoms with Gasteiger partial charge < -0.3 is 10.5 Å². The quantitative estimate of drug-likeness (QED) is 0.789. The molecule has 27 heavy (non-hydrogen) atoms. The van der Waals surface area contributed by atoms with Gasteiger partial charge in [-0.2, -0.15) is 0 Å². The third-order valence-corrected chi connectivity index (χ3v) is 5.74. The maximum absolute atomic E-state index is 13.1. The first-order chi connectivity index (χ1) is 12.5. The first kappa shape index (κ1) is 19.5. The summed E-state index contributed by atoms with van der Waals surface area (Å²) in [7, 11) is 0. The SMILES string of the molecule is CC1(C)CC(=N)[C@H]([C@@H](C2=C(O)CC(C)(C)CC2=O)c2ccccc2)C(=O)C1. The molecule has 4 heteroatoms. The van der Waals surface area contributed by atoms with E-state index in [4.69, 9.17) is 5.41 Å². The van der Waals surface area contributed by atoms with Crippen LogP contribution in [-0.4, -0.2) is 22.4 Å². The lowest BCUT2D eigenvalue weighted by atomic mass is 9.62. The molecule has 0 spiro atoms. The number of rotatable bonds is 3. The number of ketones is 2. The predicted molar refractivity (Wildman–Crippen MR) is 106 cm³/mol. The third-order valence-electron chi connectivity index (χ3n) is 5.74. The fourth-order valence-electron chi connectivity index (χ4n) is 4.69. The molecule has 2 aliphatic carbocycles. The molecule has 2 aliphatic rings. The lowest BCUT2D eigenvalue weighted by molar-refractivity contribution is -0.124. The maximum Gasteiger partial charge on any atom is 0.163 e. The van der Waals surface area contributed by atoms with E-state index >= 15 is 0 Å². The fraction of sp³-hybridized carbons (Fsp3) is 0.522. The maximum atomic E-state index is 13.1. The van der Waals surface area contributed by atoms with E-state index in [0.717, 1.165) is 5.56 Å². The van der Waals surface area contributed by atoms with Crippen molar-refractivity contribution in [3.8, 4) is 0 Å². The largest absolute Gasteiger partial charge is 0.512 e. The molecule has 1 aromatic rings. The van der Waals surface area contributed by atoms with Crippen LogP contribution in [-0.2, 0) is 9.59 Å². The monoisotopic (exact) mass is 367 g/mol. The lowest BCUT2D eigenvalue weighted by Gasteiger charge is -2.40. The molecule has 144 valence electrons. The summed E-state index contributed by atoms with van der Waals surface area (Å²) in [6, 6.07) is 9.41. The molecule has 0 unspecified atom stereocenters. The third kappa shape index (κ3) is 3.90. The van der Waals surface area contributed by atoms with Gasteiger partial charge in [-0.3, -0.25) is 9.59 Å². The average Bonchev–Trinajstić information content (AvgIpc) is 2.50. The lowest BCUT2D eigenvalue weighted by Crippen LogP contribution is -2.42. The van der Waals surface area contributed by atoms with Crippen molar-refractivity contribution in [3.63, 3.8) is 0 Å². The van der Waals surface area contributed by atoms with Crippen molar-refractivity contribution in [2.24, 2.45) is 16.7 Å². The molecule has 0 aromatic heterocycles. The van der Waals surface area contributed by atoms with Crippen LogP contribution in [0.5, 0.6) is 0 Å². The Morgan fingerprint density at radius 3 is 2.11 bits per heavy atom. The van der Waals surface area contributed by atoms with Crippen molar-refractivity contribution < 1.29 is 14.7 Å². The second-order valence-corrected chi connectivity index (χ2v) is 9.68. The van der Waals surface area contributed by atoms with Crippen LogP contribution in [0.2, 0.25) is 0 Å². The molecule has 1 fully saturated rings. The van der Waals surface area contributed by atoms with Crippen LogP contribution in [0.3, 0.4) is 0 Å². The number of benzene rings is 1. The van der Waals surface area contributed by atoms with E-state index in [1.807, 2.05) is 58.0 Å². The molecule has 0 amide bonds. The highest BCUT2D eigenvalue weighted by Gasteiger charge is 2.46. The van der Waals surface area contributed by atoms with Crippen molar-refractivity contribution >= 4 is 17.3 Å². The molecule has 1 aromatic carbocycles. The van der Waals surface area contributed by atoms with Crippen LogP contribution in [0.1, 0.15) is 64.9 Å². The molecule has 2 atom stereocenters. The molecule has 0 aliphatic heterocycles. The first-order valence-corrected chi connectivity index (χ1v) is 9.61. The second-order valence-electron chi connectivity index (χ2n) is 9.68. The van der Waals surface area contributed by atoms with E-state index in [-0.39, 0.29) is 28.2 Å². The Kier molecular flexibility index (Phi) is 4.87. The van der Waals surface area contributed by atoms with Crippen molar-refractivity contribution in [1.82, 2.24) is 0 Å². The number of aliphatic hydroxyl groups is 1. The summed E-state index contributed by atoms with van der Waals surface area (Å²) in [5.41, 5.74) is 0.986. The van der Waals surface area contributed by atoms with E-state index in [1.54, 1.807) is 0 Å². The number of Topliss-reactive ketones (excluding diaryl/α,β-unsaturated/α-hetero) is 2. The van der Waals surface area contributed by atoms with Gasteiger partial charge >= 0.3 is 0 Å². The first-order valence-electron chi connectivity index (χ1n) is 9.61. The van der Waals surface area contributed by atoms with Crippen LogP contribution in [0.15, 0.2) is 41.7 Å². The van der Waals surface area contributed by atoms with Gasteiger partial charge in [0.05, 0.1) is 5.92 Å². The zero-order chi connectivity index (χ0) is 20.0. The number of allylic oxidation sites excluding steroid dienone is 2. The van der Waals surface area contributed by atoms with E-state index < -0.39 is 11.8 Å². The minimum atomic E-state index is -0.678. The second kappa shape index (κ2) is 6.74. The molecule has 0 radical (unpaired) electrons. The molecular formula is C23H29NO3. The van der Waals surface area contributed by atoms with Gasteiger partial charge in [-0.25, -0.2) is 0 Å². The Balaban J connectivity index is 2.13. The molecule has 3 rings (SSSR count). The highest BCUT2D eigenvalue weighted by molar-refractivity contribution is 6.10. The molecule has 2 N–H and O–H groups in total. The number of carbonyl (C=O) groups excluding carboxylic acids is 2. The summed E-state index contributed by atoms with van der Waals surface area (Å²) in [6.07, 6.45) is 1.67. The molecule has 0 bridgehead atoms. The van der Waals surface area contributed by atoms with Crippen molar-refractivity contribution in [2.75, 3.05) is 0 Å². The van der Waals surface area contributed by atoms with Gasteiger partial charge in [-0.05, 0) is 22.8 Å². The van der Waals surface area contributed by atoms with E-state index in [2.05, 4.69) is 0 Å². The Hall–Kier alpha value is -2.23. The van der Waals surface area contributed by atoms with E-state index in [0.29, 0.717) is 37.0 Å². The van der Waals surface area contributed by atoms with Crippen LogP contribution >= 0.6 is 0 Å². The molecule has 1 saturated carbocycles. The molecule has 0 heterocycles. The number of hydrogen-bond acceptors (Lipinski definition) is 4. The zero-order valence-corrected chi connectivity index (χ0v) is 16.6. The summed E-state index contributed by atoms with van der Waals surface area (Å²) < 4.78 is 0. The summed E-state index contributed by atoms with van der Waals surface area (Å²) in [4.78, 5) is 26.1. The van der Waals surface area contributed by atoms with Crippen LogP contribution < -0.4 is 0 Å². The predicted octanol–water partition coefficient (Wildman–Crippen LogP) is 5.00. The Morgan fingerprint density at radius 2 is 1.56 bits per heavy atom. The summed E-state index contributed by atoms with van der Waals surface area (Å²) in [5, 5.41) is 19.4. The zero-order valence-electron chi connectivity index (χ0n) is 16.6. The molecule has 0 saturated heterocycles. The van der Waals surface area contributed by atoms with E-state index in [9.17, 15) is 14.7 Å². The Morgan fingerprint density at radius 1 is 0.963 bits per heavy atom. The fourth-order valence-corrected chi connectivity index (χ4v) is 4.69. The number of hydrogen-bond donors (Lipinski definition) is 2. The molecular weight excluding hydrogens is 338 g/mol. The van der Waals surface area contributed by atoms with Gasteiger partial charge in [0, 0.05) is 36.5 Å². The average molecular weight is 367 g/mol. The van der Waals surface area contributed by atoms with Crippen molar-refractivity contribution in [3.05, 3.63) is 47.2 Å². The van der Waals surface area contributed by atoms with E-state index in [1.165, 1.54) is 0 Å². The molecule has 4 nitrogen and oxygen atoms in total. The number of aliphatic hydroxyl groups excluding tert-OH is 1. The van der Waals surface area contributed by atoms with Crippen LogP contribution in [0.25, 0.3) is 0 Å². The standard InChI is InChI=1S/C23H29NO3/c1-22(2)10-15(24)20(16(25)11-22)19(14-8-6-5-7-9-14)21-17(26)12-23(3,4)13-18(21)27/h5-9,19-20,24,26H,10-13H2,1-4H3/t19-,20-/m0/s1. The summed E-state index contributed by atoms with van der Waals surface area (Å²) in [5.74, 6) is -1.30. The topological polar surface area (TPSA) is 78.2 Å². The van der Waals surface area contributed by atoms with Gasteiger partial charge in [-0.1, -0.05) is 58.0 Å². The highest BCUT2D eigenvalue weighted by atomic mass is 16.3. The highest BCUT2D eigenvalue weighted by Crippen LogP contribution is 2.47. The van der Waals surface area contributed by atoms with Crippen molar-refractivity contribution in [2.45, 2.75) is 59.3 Å². The van der Waals surface area contributed by atoms with Gasteiger partial charge in [-0.15, -0.1) is 0 Å². The van der Waals surface area contributed by atoms with Crippen LogP contribution in [0.4, 0.5) is 0 Å². The minimum Gasteiger partial charge on any atom is -0.512 e. The summed E-state index contributed by atoms with van der Waals surface area (Å²) >= 11 is 0. The van der Waals surface area contributed by atoms with Gasteiger partial charge in [0.2, 0.25) is 0 Å².